The molecule has 2 rings (SSSR count). The van der Waals surface area contributed by atoms with Crippen LogP contribution >= 0.6 is 0 Å². The van der Waals surface area contributed by atoms with Crippen molar-refractivity contribution in [2.45, 2.75) is 25.7 Å². The van der Waals surface area contributed by atoms with E-state index >= 15 is 0 Å². The molecule has 0 atom stereocenters. The Morgan fingerprint density at radius 2 is 1.80 bits per heavy atom. The predicted molar refractivity (Wildman–Crippen MR) is 70.9 cm³/mol. The summed E-state index contributed by atoms with van der Waals surface area (Å²) in [7, 11) is 1.41. The average molecular weight is 277 g/mol. The maximum atomic E-state index is 12.1. The number of nitrogens with zero attached hydrogens (tertiary/aromatic N) is 1. The van der Waals surface area contributed by atoms with Gasteiger partial charge in [0.05, 0.1) is 18.4 Å². The summed E-state index contributed by atoms with van der Waals surface area (Å²) in [5.41, 5.74) is 0.204. The minimum absolute atomic E-state index is 0.00523. The lowest BCUT2D eigenvalue weighted by molar-refractivity contribution is -0.125. The van der Waals surface area contributed by atoms with Crippen molar-refractivity contribution in [2.75, 3.05) is 12.0 Å². The summed E-state index contributed by atoms with van der Waals surface area (Å²) in [6, 6.07) is 4.12. The second kappa shape index (κ2) is 5.73. The van der Waals surface area contributed by atoms with E-state index in [1.807, 2.05) is 0 Å². The number of carbonyl (C=O) groups is 3. The van der Waals surface area contributed by atoms with Gasteiger partial charge in [0.1, 0.15) is 5.75 Å². The molecule has 1 heterocycles. The van der Waals surface area contributed by atoms with Gasteiger partial charge >= 0.3 is 5.97 Å². The first kappa shape index (κ1) is 14.0. The fourth-order valence-electron chi connectivity index (χ4n) is 2.18. The monoisotopic (exact) mass is 277 g/mol. The molecular weight excluding hydrogens is 262 g/mol. The Morgan fingerprint density at radius 3 is 2.30 bits per heavy atom. The van der Waals surface area contributed by atoms with Crippen LogP contribution in [0.2, 0.25) is 0 Å². The standard InChI is InChI=1S/C14H15NO5/c1-20-11-7-6-9(14(18)19)8-10(11)15-12(16)4-2-3-5-13(15)17/h6-8H,2-5H2,1H3,(H,18,19). The molecule has 1 fully saturated rings. The minimum atomic E-state index is -1.12. The Labute approximate surface area is 115 Å². The van der Waals surface area contributed by atoms with Crippen molar-refractivity contribution in [1.29, 1.82) is 0 Å². The van der Waals surface area contributed by atoms with Crippen LogP contribution in [0.1, 0.15) is 36.0 Å². The first-order chi connectivity index (χ1) is 9.54. The maximum absolute atomic E-state index is 12.1. The van der Waals surface area contributed by atoms with E-state index in [4.69, 9.17) is 9.84 Å². The summed E-state index contributed by atoms with van der Waals surface area (Å²) in [5.74, 6) is -1.47. The molecule has 0 radical (unpaired) electrons. The number of benzene rings is 1. The van der Waals surface area contributed by atoms with E-state index in [0.717, 1.165) is 4.90 Å². The van der Waals surface area contributed by atoms with Crippen LogP contribution in [-0.4, -0.2) is 30.0 Å². The van der Waals surface area contributed by atoms with Gasteiger partial charge in [-0.3, -0.25) is 9.59 Å². The van der Waals surface area contributed by atoms with E-state index in [1.54, 1.807) is 0 Å². The zero-order chi connectivity index (χ0) is 14.7. The Morgan fingerprint density at radius 1 is 1.20 bits per heavy atom. The Hall–Kier alpha value is -2.37. The van der Waals surface area contributed by atoms with E-state index in [1.165, 1.54) is 25.3 Å². The molecule has 6 nitrogen and oxygen atoms in total. The Balaban J connectivity index is 2.52. The third-order valence-electron chi connectivity index (χ3n) is 3.20. The number of rotatable bonds is 3. The molecule has 0 aliphatic carbocycles. The number of hydrogen-bond donors (Lipinski definition) is 1. The number of aromatic carboxylic acids is 1. The average Bonchev–Trinajstić information content (AvgIpc) is 2.59. The van der Waals surface area contributed by atoms with Crippen molar-refractivity contribution in [3.05, 3.63) is 23.8 Å². The molecule has 1 saturated heterocycles. The zero-order valence-corrected chi connectivity index (χ0v) is 11.1. The van der Waals surface area contributed by atoms with Crippen LogP contribution in [0.3, 0.4) is 0 Å². The van der Waals surface area contributed by atoms with E-state index < -0.39 is 5.97 Å². The highest BCUT2D eigenvalue weighted by Crippen LogP contribution is 2.32. The summed E-state index contributed by atoms with van der Waals surface area (Å²) < 4.78 is 5.13. The quantitative estimate of drug-likeness (QED) is 0.852. The number of amides is 2. The topological polar surface area (TPSA) is 83.9 Å². The molecule has 0 bridgehead atoms. The highest BCUT2D eigenvalue weighted by atomic mass is 16.5. The SMILES string of the molecule is COc1ccc(C(=O)O)cc1N1C(=O)CCCCC1=O. The van der Waals surface area contributed by atoms with Gasteiger partial charge in [-0.05, 0) is 31.0 Å². The van der Waals surface area contributed by atoms with Crippen LogP contribution in [0.15, 0.2) is 18.2 Å². The molecule has 0 aromatic heterocycles. The second-order valence-corrected chi connectivity index (χ2v) is 4.52. The van der Waals surface area contributed by atoms with Crippen LogP contribution in [0.25, 0.3) is 0 Å². The first-order valence-electron chi connectivity index (χ1n) is 6.31. The van der Waals surface area contributed by atoms with Crippen LogP contribution in [0.4, 0.5) is 5.69 Å². The van der Waals surface area contributed by atoms with Crippen LogP contribution in [-0.2, 0) is 9.59 Å². The number of hydrogen-bond acceptors (Lipinski definition) is 4. The van der Waals surface area contributed by atoms with Crippen molar-refractivity contribution in [3.8, 4) is 5.75 Å². The van der Waals surface area contributed by atoms with E-state index in [0.29, 0.717) is 18.6 Å². The molecule has 1 N–H and O–H groups in total. The van der Waals surface area contributed by atoms with Crippen molar-refractivity contribution >= 4 is 23.5 Å². The molecule has 0 unspecified atom stereocenters. The van der Waals surface area contributed by atoms with Crippen molar-refractivity contribution in [3.63, 3.8) is 0 Å². The van der Waals surface area contributed by atoms with Crippen LogP contribution in [0, 0.1) is 0 Å². The van der Waals surface area contributed by atoms with Crippen molar-refractivity contribution < 1.29 is 24.2 Å². The number of carbonyl (C=O) groups excluding carboxylic acids is 2. The smallest absolute Gasteiger partial charge is 0.335 e. The van der Waals surface area contributed by atoms with Gasteiger partial charge in [0.2, 0.25) is 11.8 Å². The van der Waals surface area contributed by atoms with Gasteiger partial charge in [-0.2, -0.15) is 0 Å². The van der Waals surface area contributed by atoms with Crippen LogP contribution < -0.4 is 9.64 Å². The van der Waals surface area contributed by atoms with Crippen LogP contribution in [0.5, 0.6) is 5.75 Å². The number of anilines is 1. The minimum Gasteiger partial charge on any atom is -0.495 e. The summed E-state index contributed by atoms with van der Waals surface area (Å²) in [6.07, 6.45) is 1.85. The number of ether oxygens (including phenoxy) is 1. The Bertz CT molecular complexity index is 549. The molecule has 1 aromatic carbocycles. The lowest BCUT2D eigenvalue weighted by atomic mass is 10.1. The zero-order valence-electron chi connectivity index (χ0n) is 11.1. The lowest BCUT2D eigenvalue weighted by Crippen LogP contribution is -2.35. The molecular formula is C14H15NO5. The summed E-state index contributed by atoms with van der Waals surface area (Å²) in [6.45, 7) is 0. The molecule has 0 saturated carbocycles. The number of carboxylic acid groups (broad SMARTS) is 1. The molecule has 0 spiro atoms. The molecule has 1 aliphatic rings. The lowest BCUT2D eigenvalue weighted by Gasteiger charge is -2.21. The summed E-state index contributed by atoms with van der Waals surface area (Å²) in [4.78, 5) is 36.2. The van der Waals surface area contributed by atoms with Gasteiger partial charge in [0.15, 0.2) is 0 Å². The molecule has 6 heteroatoms. The van der Waals surface area contributed by atoms with Gasteiger partial charge in [-0.15, -0.1) is 0 Å². The van der Waals surface area contributed by atoms with E-state index in [2.05, 4.69) is 0 Å². The highest BCUT2D eigenvalue weighted by Gasteiger charge is 2.28. The van der Waals surface area contributed by atoms with Crippen molar-refractivity contribution in [2.24, 2.45) is 0 Å². The molecule has 20 heavy (non-hydrogen) atoms. The number of imide groups is 1. The molecule has 1 aromatic rings. The van der Waals surface area contributed by atoms with E-state index in [-0.39, 0.29) is 35.9 Å². The third-order valence-corrected chi connectivity index (χ3v) is 3.20. The summed E-state index contributed by atoms with van der Waals surface area (Å²) in [5, 5.41) is 9.03. The normalized spacial score (nSPS) is 15.9. The first-order valence-corrected chi connectivity index (χ1v) is 6.31. The van der Waals surface area contributed by atoms with Crippen molar-refractivity contribution in [1.82, 2.24) is 0 Å². The Kier molecular flexibility index (Phi) is 4.02. The number of carboxylic acids is 1. The third kappa shape index (κ3) is 2.64. The van der Waals surface area contributed by atoms with Gasteiger partial charge < -0.3 is 9.84 Å². The van der Waals surface area contributed by atoms with Gasteiger partial charge in [-0.1, -0.05) is 0 Å². The van der Waals surface area contributed by atoms with Gasteiger partial charge in [-0.25, -0.2) is 9.69 Å². The maximum Gasteiger partial charge on any atom is 0.335 e. The predicted octanol–water partition coefficient (Wildman–Crippen LogP) is 1.83. The number of methoxy groups -OCH3 is 1. The summed E-state index contributed by atoms with van der Waals surface area (Å²) >= 11 is 0. The largest absolute Gasteiger partial charge is 0.495 e. The van der Waals surface area contributed by atoms with E-state index in [9.17, 15) is 14.4 Å². The second-order valence-electron chi connectivity index (χ2n) is 4.52. The fourth-order valence-corrected chi connectivity index (χ4v) is 2.18. The van der Waals surface area contributed by atoms with Gasteiger partial charge in [0, 0.05) is 12.8 Å². The van der Waals surface area contributed by atoms with Gasteiger partial charge in [0.25, 0.3) is 0 Å². The highest BCUT2D eigenvalue weighted by molar-refractivity contribution is 6.16. The fraction of sp³-hybridized carbons (Fsp3) is 0.357. The molecule has 2 amide bonds. The molecule has 106 valence electrons. The molecule has 1 aliphatic heterocycles.